The van der Waals surface area contributed by atoms with Crippen molar-refractivity contribution >= 4 is 9.46 Å². The van der Waals surface area contributed by atoms with Gasteiger partial charge < -0.3 is 0 Å². The largest absolute Gasteiger partial charge is 0.418 e. The molecule has 0 aromatic heterocycles. The molecule has 0 aliphatic rings. The molecule has 1 rings (SSSR count). The lowest BCUT2D eigenvalue weighted by molar-refractivity contribution is 0.625. The molecule has 0 aliphatic carbocycles. The van der Waals surface area contributed by atoms with E-state index in [9.17, 15) is 8.22 Å². The fourth-order valence-corrected chi connectivity index (χ4v) is 1.60. The maximum absolute atomic E-state index is 12.4. The zero-order valence-corrected chi connectivity index (χ0v) is 8.37. The van der Waals surface area contributed by atoms with Gasteiger partial charge in [0.1, 0.15) is 0 Å². The van der Waals surface area contributed by atoms with Crippen molar-refractivity contribution in [2.24, 2.45) is 0 Å². The average Bonchev–Trinajstić information content (AvgIpc) is 2.03. The number of hydrogen-bond acceptors (Lipinski definition) is 0. The van der Waals surface area contributed by atoms with Crippen LogP contribution < -0.4 is 0 Å². The molecule has 0 saturated heterocycles. The average molecular weight is 186 g/mol. The van der Waals surface area contributed by atoms with Gasteiger partial charge in [-0.15, -0.1) is 0 Å². The van der Waals surface area contributed by atoms with Crippen LogP contribution in [0.5, 0.6) is 0 Å². The van der Waals surface area contributed by atoms with Crippen LogP contribution in [0.4, 0.5) is 8.22 Å². The molecule has 0 aliphatic heterocycles. The van der Waals surface area contributed by atoms with Crippen molar-refractivity contribution in [3.63, 3.8) is 0 Å². The topological polar surface area (TPSA) is 0 Å². The lowest BCUT2D eigenvalue weighted by Gasteiger charge is -2.08. The second-order valence-electron chi connectivity index (χ2n) is 3.04. The van der Waals surface area contributed by atoms with E-state index in [1.165, 1.54) is 0 Å². The van der Waals surface area contributed by atoms with Crippen LogP contribution in [0.15, 0.2) is 24.3 Å². The SMILES string of the molecule is Cc1cccc(C(C)[SiH](F)F)c1. The molecule has 66 valence electrons. The molecule has 0 spiro atoms. The molecule has 0 bridgehead atoms. The van der Waals surface area contributed by atoms with Gasteiger partial charge in [0.2, 0.25) is 0 Å². The molecule has 0 heterocycles. The number of halogens is 2. The first-order valence-corrected chi connectivity index (χ1v) is 5.50. The molecule has 3 heteroatoms. The summed E-state index contributed by atoms with van der Waals surface area (Å²) < 4.78 is 24.8. The lowest BCUT2D eigenvalue weighted by atomic mass is 10.1. The monoisotopic (exact) mass is 186 g/mol. The summed E-state index contributed by atoms with van der Waals surface area (Å²) in [5.41, 5.74) is 1.30. The van der Waals surface area contributed by atoms with Gasteiger partial charge in [0.05, 0.1) is 0 Å². The summed E-state index contributed by atoms with van der Waals surface area (Å²) in [7, 11) is -3.51. The highest BCUT2D eigenvalue weighted by atomic mass is 28.4. The van der Waals surface area contributed by atoms with Gasteiger partial charge in [-0.3, -0.25) is 8.22 Å². The van der Waals surface area contributed by atoms with Crippen LogP contribution in [0.3, 0.4) is 0 Å². The van der Waals surface area contributed by atoms with Gasteiger partial charge in [-0.25, -0.2) is 0 Å². The highest BCUT2D eigenvalue weighted by Gasteiger charge is 2.20. The molecule has 0 fully saturated rings. The molecule has 1 unspecified atom stereocenters. The van der Waals surface area contributed by atoms with Crippen LogP contribution in [-0.2, 0) is 0 Å². The Morgan fingerprint density at radius 2 is 2.00 bits per heavy atom. The first-order valence-electron chi connectivity index (χ1n) is 3.96. The van der Waals surface area contributed by atoms with E-state index in [0.29, 0.717) is 0 Å². The smallest absolute Gasteiger partial charge is 0.274 e. The van der Waals surface area contributed by atoms with E-state index in [4.69, 9.17) is 0 Å². The summed E-state index contributed by atoms with van der Waals surface area (Å²) in [6, 6.07) is 7.36. The van der Waals surface area contributed by atoms with E-state index < -0.39 is 15.0 Å². The van der Waals surface area contributed by atoms with E-state index in [-0.39, 0.29) is 0 Å². The Kier molecular flexibility index (Phi) is 2.97. The number of benzene rings is 1. The highest BCUT2D eigenvalue weighted by Crippen LogP contribution is 2.20. The minimum atomic E-state index is -3.51. The number of aryl methyl sites for hydroxylation is 1. The van der Waals surface area contributed by atoms with Crippen molar-refractivity contribution in [2.75, 3.05) is 0 Å². The summed E-state index contributed by atoms with van der Waals surface area (Å²) in [6.07, 6.45) is 0. The van der Waals surface area contributed by atoms with Crippen molar-refractivity contribution in [2.45, 2.75) is 19.4 Å². The van der Waals surface area contributed by atoms with Crippen LogP contribution >= 0.6 is 0 Å². The number of hydrogen-bond donors (Lipinski definition) is 0. The van der Waals surface area contributed by atoms with Gasteiger partial charge in [-0.05, 0) is 12.5 Å². The van der Waals surface area contributed by atoms with Gasteiger partial charge in [0, 0.05) is 5.54 Å². The van der Waals surface area contributed by atoms with Crippen molar-refractivity contribution in [1.82, 2.24) is 0 Å². The molecule has 0 amide bonds. The summed E-state index contributed by atoms with van der Waals surface area (Å²) in [5, 5.41) is 0. The molecule has 12 heavy (non-hydrogen) atoms. The fraction of sp³-hybridized carbons (Fsp3) is 0.333. The quantitative estimate of drug-likeness (QED) is 0.492. The summed E-state index contributed by atoms with van der Waals surface area (Å²) >= 11 is 0. The first-order chi connectivity index (χ1) is 5.61. The Bertz CT molecular complexity index is 260. The predicted molar refractivity (Wildman–Crippen MR) is 49.0 cm³/mol. The molecular weight excluding hydrogens is 174 g/mol. The van der Waals surface area contributed by atoms with E-state index in [1.54, 1.807) is 13.0 Å². The standard InChI is InChI=1S/C9H12F2Si/c1-7-4-3-5-9(6-7)8(2)12(10)11/h3-6,8,12H,1-2H3. The van der Waals surface area contributed by atoms with Gasteiger partial charge in [-0.2, -0.15) is 0 Å². The van der Waals surface area contributed by atoms with Gasteiger partial charge in [0.25, 0.3) is 0 Å². The maximum atomic E-state index is 12.4. The second-order valence-corrected chi connectivity index (χ2v) is 4.71. The number of rotatable bonds is 2. The molecule has 0 N–H and O–H groups in total. The molecule has 0 nitrogen and oxygen atoms in total. The van der Waals surface area contributed by atoms with Crippen molar-refractivity contribution in [3.8, 4) is 0 Å². The van der Waals surface area contributed by atoms with Crippen molar-refractivity contribution in [3.05, 3.63) is 35.4 Å². The molecule has 1 atom stereocenters. The highest BCUT2D eigenvalue weighted by molar-refractivity contribution is 6.44. The minimum absolute atomic E-state index is 0.523. The van der Waals surface area contributed by atoms with Gasteiger partial charge >= 0.3 is 9.46 Å². The zero-order chi connectivity index (χ0) is 9.14. The Morgan fingerprint density at radius 3 is 2.50 bits per heavy atom. The molecule has 0 radical (unpaired) electrons. The maximum Gasteiger partial charge on any atom is 0.418 e. The summed E-state index contributed by atoms with van der Waals surface area (Å²) in [6.45, 7) is 3.52. The normalized spacial score (nSPS) is 13.4. The van der Waals surface area contributed by atoms with Crippen LogP contribution in [0.25, 0.3) is 0 Å². The first kappa shape index (κ1) is 9.39. The van der Waals surface area contributed by atoms with E-state index >= 15 is 0 Å². The Labute approximate surface area is 73.2 Å². The van der Waals surface area contributed by atoms with Gasteiger partial charge in [0.15, 0.2) is 0 Å². The van der Waals surface area contributed by atoms with E-state index in [2.05, 4.69) is 0 Å². The molecule has 1 aromatic carbocycles. The summed E-state index contributed by atoms with van der Waals surface area (Å²) in [5.74, 6) is 0. The summed E-state index contributed by atoms with van der Waals surface area (Å²) in [4.78, 5) is 0. The minimum Gasteiger partial charge on any atom is -0.274 e. The molecular formula is C9H12F2Si. The van der Waals surface area contributed by atoms with Crippen molar-refractivity contribution in [1.29, 1.82) is 0 Å². The fourth-order valence-electron chi connectivity index (χ4n) is 1.10. The van der Waals surface area contributed by atoms with Gasteiger partial charge in [-0.1, -0.05) is 36.8 Å². The molecule has 1 aromatic rings. The van der Waals surface area contributed by atoms with E-state index in [0.717, 1.165) is 11.1 Å². The van der Waals surface area contributed by atoms with E-state index in [1.807, 2.05) is 25.1 Å². The predicted octanol–water partition coefficient (Wildman–Crippen LogP) is 2.80. The Morgan fingerprint density at radius 1 is 1.33 bits per heavy atom. The Hall–Kier alpha value is -0.703. The van der Waals surface area contributed by atoms with Crippen molar-refractivity contribution < 1.29 is 8.22 Å². The zero-order valence-electron chi connectivity index (χ0n) is 7.22. The van der Waals surface area contributed by atoms with Crippen LogP contribution in [0.1, 0.15) is 23.6 Å². The third-order valence-electron chi connectivity index (χ3n) is 1.95. The van der Waals surface area contributed by atoms with Crippen LogP contribution in [0, 0.1) is 6.92 Å². The lowest BCUT2D eigenvalue weighted by Crippen LogP contribution is -2.09. The third-order valence-corrected chi connectivity index (χ3v) is 3.09. The third kappa shape index (κ3) is 2.14. The molecule has 0 saturated carbocycles. The van der Waals surface area contributed by atoms with Crippen LogP contribution in [0.2, 0.25) is 0 Å². The van der Waals surface area contributed by atoms with Crippen LogP contribution in [-0.4, -0.2) is 9.46 Å². The second kappa shape index (κ2) is 3.80. The Balaban J connectivity index is 2.88.